The molecule has 2 nitrogen and oxygen atoms in total. The van der Waals surface area contributed by atoms with Crippen LogP contribution in [0.25, 0.3) is 0 Å². The van der Waals surface area contributed by atoms with Gasteiger partial charge < -0.3 is 21.6 Å². The fourth-order valence-corrected chi connectivity index (χ4v) is 12.8. The Kier molecular flexibility index (Phi) is 9.06. The average molecular weight is 729 g/mol. The molecule has 2 heterocycles. The van der Waals surface area contributed by atoms with E-state index in [9.17, 15) is 0 Å². The average Bonchev–Trinajstić information content (AvgIpc) is 3.46. The zero-order valence-corrected chi connectivity index (χ0v) is 28.6. The Morgan fingerprint density at radius 2 is 0.976 bits per heavy atom. The first-order chi connectivity index (χ1) is 19.8. The maximum Gasteiger partial charge on any atom is 2.00 e. The van der Waals surface area contributed by atoms with Gasteiger partial charge in [-0.2, -0.15) is 6.42 Å². The molecule has 7 saturated carbocycles. The van der Waals surface area contributed by atoms with E-state index in [1.54, 1.807) is 0 Å². The van der Waals surface area contributed by atoms with Crippen LogP contribution < -0.4 is 0 Å². The van der Waals surface area contributed by atoms with Crippen LogP contribution in [0.15, 0.2) is 12.2 Å². The van der Waals surface area contributed by atoms with Crippen LogP contribution in [0, 0.1) is 65.4 Å². The number of hydrogen-bond acceptors (Lipinski definition) is 2. The van der Waals surface area contributed by atoms with Gasteiger partial charge in [-0.05, 0) is 105 Å². The molecule has 2 aliphatic heterocycles. The summed E-state index contributed by atoms with van der Waals surface area (Å²) in [6.45, 7) is 0.920. The summed E-state index contributed by atoms with van der Waals surface area (Å²) < 4.78 is 13.5. The van der Waals surface area contributed by atoms with Crippen molar-refractivity contribution >= 4 is 0 Å². The summed E-state index contributed by atoms with van der Waals surface area (Å²) in [5, 5.41) is 0. The fraction of sp³-hybridized carbons (Fsp3) is 0.895. The van der Waals surface area contributed by atoms with Crippen LogP contribution in [-0.2, 0) is 30.5 Å². The summed E-state index contributed by atoms with van der Waals surface area (Å²) in [6.07, 6.45) is 42.4. The first-order valence-electron chi connectivity index (χ1n) is 18.3. The molecule has 7 fully saturated rings. The molecule has 2 spiro atoms. The van der Waals surface area contributed by atoms with Gasteiger partial charge in [-0.15, -0.1) is 5.92 Å². The van der Waals surface area contributed by atoms with Crippen molar-refractivity contribution in [3.05, 3.63) is 24.3 Å². The molecular weight excluding hydrogens is 672 g/mol. The molecule has 226 valence electrons. The molecular formula is C38H56O2W. The summed E-state index contributed by atoms with van der Waals surface area (Å²) in [5.41, 5.74) is 0.225. The molecule has 0 aromatic carbocycles. The molecule has 0 bridgehead atoms. The Balaban J connectivity index is 0.000000134. The predicted molar refractivity (Wildman–Crippen MR) is 160 cm³/mol. The van der Waals surface area contributed by atoms with Crippen LogP contribution in [-0.4, -0.2) is 23.9 Å². The van der Waals surface area contributed by atoms with Gasteiger partial charge in [0.15, 0.2) is 0 Å². The molecule has 3 heteroatoms. The molecule has 0 aromatic heterocycles. The zero-order chi connectivity index (χ0) is 26.6. The van der Waals surface area contributed by atoms with Gasteiger partial charge in [0.2, 0.25) is 0 Å². The first kappa shape index (κ1) is 29.8. The number of ether oxygens (including phenoxy) is 2. The second-order valence-electron chi connectivity index (χ2n) is 15.7. The van der Waals surface area contributed by atoms with E-state index in [2.05, 4.69) is 24.3 Å². The minimum atomic E-state index is 0. The van der Waals surface area contributed by atoms with Crippen molar-refractivity contribution < 1.29 is 30.5 Å². The molecule has 9 rings (SSSR count). The first-order valence-corrected chi connectivity index (χ1v) is 18.3. The van der Waals surface area contributed by atoms with Crippen molar-refractivity contribution in [3.8, 4) is 0 Å². The summed E-state index contributed by atoms with van der Waals surface area (Å²) in [6, 6.07) is 0. The largest absolute Gasteiger partial charge is 2.00 e. The van der Waals surface area contributed by atoms with E-state index in [-0.39, 0.29) is 32.3 Å². The van der Waals surface area contributed by atoms with Crippen molar-refractivity contribution in [2.24, 2.45) is 53.3 Å². The molecule has 0 amide bonds. The van der Waals surface area contributed by atoms with Crippen molar-refractivity contribution in [3.63, 3.8) is 0 Å². The topological polar surface area (TPSA) is 18.5 Å². The molecule has 7 aliphatic carbocycles. The van der Waals surface area contributed by atoms with E-state index in [0.29, 0.717) is 12.0 Å². The SMILES string of the molecule is [C-]1=CC2(OC3CCCCC13)C1CCCCC1C1CCCCC12.[C-]1=CC2(OCC1)C1CCCCC1C1CCCCC12.[W+2]. The quantitative estimate of drug-likeness (QED) is 0.232. The van der Waals surface area contributed by atoms with E-state index >= 15 is 0 Å². The third-order valence-corrected chi connectivity index (χ3v) is 14.2. The number of rotatable bonds is 0. The van der Waals surface area contributed by atoms with Crippen molar-refractivity contribution in [2.45, 2.75) is 152 Å². The molecule has 0 N–H and O–H groups in total. The van der Waals surface area contributed by atoms with Crippen LogP contribution in [0.4, 0.5) is 0 Å². The minimum Gasteiger partial charge on any atom is -0.496 e. The van der Waals surface area contributed by atoms with Crippen LogP contribution >= 0.6 is 0 Å². The molecule has 41 heavy (non-hydrogen) atoms. The Morgan fingerprint density at radius 3 is 1.49 bits per heavy atom. The van der Waals surface area contributed by atoms with Gasteiger partial charge in [-0.3, -0.25) is 0 Å². The van der Waals surface area contributed by atoms with E-state index in [1.165, 1.54) is 128 Å². The van der Waals surface area contributed by atoms with Gasteiger partial charge in [0.05, 0.1) is 11.2 Å². The summed E-state index contributed by atoms with van der Waals surface area (Å²) in [5.74, 6) is 7.80. The maximum absolute atomic E-state index is 7.06. The van der Waals surface area contributed by atoms with Crippen LogP contribution in [0.1, 0.15) is 135 Å². The molecule has 10 unspecified atom stereocenters. The second-order valence-corrected chi connectivity index (χ2v) is 15.7. The second kappa shape index (κ2) is 12.5. The summed E-state index contributed by atoms with van der Waals surface area (Å²) >= 11 is 0. The van der Waals surface area contributed by atoms with Gasteiger partial charge in [-0.25, -0.2) is 12.2 Å². The van der Waals surface area contributed by atoms with Gasteiger partial charge in [-0.1, -0.05) is 70.6 Å². The van der Waals surface area contributed by atoms with Crippen LogP contribution in [0.2, 0.25) is 0 Å². The van der Waals surface area contributed by atoms with Crippen molar-refractivity contribution in [1.29, 1.82) is 0 Å². The Bertz CT molecular complexity index is 912. The van der Waals surface area contributed by atoms with E-state index in [1.807, 2.05) is 0 Å². The van der Waals surface area contributed by atoms with Gasteiger partial charge in [0.25, 0.3) is 0 Å². The summed E-state index contributed by atoms with van der Waals surface area (Å²) in [7, 11) is 0. The number of fused-ring (bicyclic) bond motifs is 11. The normalized spacial score (nSPS) is 51.3. The van der Waals surface area contributed by atoms with Crippen molar-refractivity contribution in [2.75, 3.05) is 6.61 Å². The zero-order valence-electron chi connectivity index (χ0n) is 25.7. The van der Waals surface area contributed by atoms with Gasteiger partial charge in [0.1, 0.15) is 0 Å². The van der Waals surface area contributed by atoms with Crippen molar-refractivity contribution in [1.82, 2.24) is 0 Å². The molecule has 0 radical (unpaired) electrons. The Labute approximate surface area is 265 Å². The molecule has 10 atom stereocenters. The molecule has 0 saturated heterocycles. The minimum absolute atomic E-state index is 0. The Hall–Kier alpha value is 0.0883. The maximum atomic E-state index is 7.06. The van der Waals surface area contributed by atoms with Crippen LogP contribution in [0.5, 0.6) is 0 Å². The monoisotopic (exact) mass is 728 g/mol. The summed E-state index contributed by atoms with van der Waals surface area (Å²) in [4.78, 5) is 0. The Morgan fingerprint density at radius 1 is 0.512 bits per heavy atom. The smallest absolute Gasteiger partial charge is 0.496 e. The van der Waals surface area contributed by atoms with Gasteiger partial charge >= 0.3 is 21.1 Å². The third kappa shape index (κ3) is 4.98. The van der Waals surface area contributed by atoms with Gasteiger partial charge in [0, 0.05) is 12.7 Å². The number of hydrogen-bond donors (Lipinski definition) is 0. The fourth-order valence-electron chi connectivity index (χ4n) is 12.8. The van der Waals surface area contributed by atoms with E-state index in [0.717, 1.165) is 60.4 Å². The molecule has 0 aromatic rings. The molecule has 9 aliphatic rings. The third-order valence-electron chi connectivity index (χ3n) is 14.2. The van der Waals surface area contributed by atoms with E-state index in [4.69, 9.17) is 9.47 Å². The standard InChI is InChI=1S/C21H31O.C17H25O.W/c1-6-12-20-15(7-1)13-14-21(22-20)18-10-4-2-8-16(18)17-9-3-5-11-19(17)21;1-3-9-15-13(7-1)14-8-2-4-10-16(14)17(15)11-5-6-12-18-17;/h14-20H,1-12H2;11,13-16H,1-4,6-10,12H2;/q2*-1;+2. The van der Waals surface area contributed by atoms with E-state index < -0.39 is 0 Å². The van der Waals surface area contributed by atoms with Crippen LogP contribution in [0.3, 0.4) is 0 Å². The predicted octanol–water partition coefficient (Wildman–Crippen LogP) is 9.43.